The molecular formula is C27H46CaCuO. The summed E-state index contributed by atoms with van der Waals surface area (Å²) < 4.78 is 0. The molecule has 173 valence electrons. The summed E-state index contributed by atoms with van der Waals surface area (Å²) in [5.41, 5.74) is 4.72. The molecule has 0 aliphatic heterocycles. The summed E-state index contributed by atoms with van der Waals surface area (Å²) in [5.74, 6) is 3.37. The average molecular weight is 490 g/mol. The summed E-state index contributed by atoms with van der Waals surface area (Å²) >= 11 is 0. The minimum absolute atomic E-state index is 0. The predicted molar refractivity (Wildman–Crippen MR) is 129 cm³/mol. The zero-order valence-corrected chi connectivity index (χ0v) is 23.1. The molecule has 1 N–H and O–H groups in total. The fourth-order valence-electron chi connectivity index (χ4n) is 6.66. The van der Waals surface area contributed by atoms with E-state index >= 15 is 0 Å². The maximum atomic E-state index is 10.0. The third-order valence-electron chi connectivity index (χ3n) is 8.35. The van der Waals surface area contributed by atoms with Crippen molar-refractivity contribution in [3.63, 3.8) is 0 Å². The Kier molecular flexibility index (Phi) is 12.6. The van der Waals surface area contributed by atoms with Crippen LogP contribution in [-0.4, -0.2) is 48.9 Å². The number of hydrogen-bond donors (Lipinski definition) is 1. The molecule has 0 bridgehead atoms. The number of rotatable bonds is 6. The fourth-order valence-corrected chi connectivity index (χ4v) is 6.66. The van der Waals surface area contributed by atoms with Crippen LogP contribution in [0.3, 0.4) is 0 Å². The van der Waals surface area contributed by atoms with Crippen LogP contribution in [0.15, 0.2) is 35.5 Å². The number of fused-ring (bicyclic) bond motifs is 1. The molecule has 0 heterocycles. The first-order valence-corrected chi connectivity index (χ1v) is 12.1. The van der Waals surface area contributed by atoms with Crippen LogP contribution in [0.1, 0.15) is 101 Å². The third-order valence-corrected chi connectivity index (χ3v) is 8.35. The van der Waals surface area contributed by atoms with Crippen molar-refractivity contribution in [2.45, 2.75) is 104 Å². The van der Waals surface area contributed by atoms with E-state index in [1.54, 1.807) is 5.57 Å². The molecule has 1 nitrogen and oxygen atoms in total. The second-order valence-electron chi connectivity index (χ2n) is 10.8. The second-order valence-corrected chi connectivity index (χ2v) is 10.8. The van der Waals surface area contributed by atoms with Crippen LogP contribution < -0.4 is 0 Å². The molecular weight excluding hydrogens is 444 g/mol. The topological polar surface area (TPSA) is 20.2 Å². The Morgan fingerprint density at radius 3 is 2.57 bits per heavy atom. The van der Waals surface area contributed by atoms with E-state index in [0.717, 1.165) is 42.9 Å². The van der Waals surface area contributed by atoms with Crippen molar-refractivity contribution in [3.05, 3.63) is 35.5 Å². The van der Waals surface area contributed by atoms with Crippen LogP contribution >= 0.6 is 0 Å². The second kappa shape index (κ2) is 13.0. The maximum Gasteiger partial charge on any atom is 2.00 e. The van der Waals surface area contributed by atoms with Gasteiger partial charge >= 0.3 is 37.7 Å². The summed E-state index contributed by atoms with van der Waals surface area (Å²) in [4.78, 5) is 0. The third kappa shape index (κ3) is 6.98. The molecule has 0 aromatic carbocycles. The van der Waals surface area contributed by atoms with Crippen molar-refractivity contribution >= 4 is 37.7 Å². The van der Waals surface area contributed by atoms with Crippen molar-refractivity contribution in [2.24, 2.45) is 29.1 Å². The number of hydrogen-bond acceptors (Lipinski definition) is 1. The molecule has 3 rings (SSSR count). The van der Waals surface area contributed by atoms with E-state index in [1.165, 1.54) is 62.5 Å². The summed E-state index contributed by atoms with van der Waals surface area (Å²) in [7, 11) is 0. The predicted octanol–water partition coefficient (Wildman–Crippen LogP) is 7.46. The Labute approximate surface area is 230 Å². The van der Waals surface area contributed by atoms with Gasteiger partial charge in [0.25, 0.3) is 0 Å². The molecule has 1 unspecified atom stereocenters. The first-order valence-electron chi connectivity index (χ1n) is 12.1. The van der Waals surface area contributed by atoms with Gasteiger partial charge in [0.05, 0.1) is 6.10 Å². The Morgan fingerprint density at radius 1 is 1.13 bits per heavy atom. The monoisotopic (exact) mass is 489 g/mol. The maximum absolute atomic E-state index is 10.0. The van der Waals surface area contributed by atoms with Crippen LogP contribution in [0, 0.1) is 29.1 Å². The van der Waals surface area contributed by atoms with Crippen LogP contribution in [0.4, 0.5) is 0 Å². The first kappa shape index (κ1) is 29.0. The molecule has 30 heavy (non-hydrogen) atoms. The van der Waals surface area contributed by atoms with Gasteiger partial charge in [-0.05, 0) is 86.0 Å². The van der Waals surface area contributed by atoms with Gasteiger partial charge in [0.1, 0.15) is 0 Å². The molecule has 3 aliphatic rings. The van der Waals surface area contributed by atoms with Crippen LogP contribution in [-0.2, 0) is 17.1 Å². The summed E-state index contributed by atoms with van der Waals surface area (Å²) in [6.07, 6.45) is 18.2. The van der Waals surface area contributed by atoms with Gasteiger partial charge in [0.15, 0.2) is 0 Å². The molecule has 1 radical (unpaired) electrons. The zero-order chi connectivity index (χ0) is 20.3. The normalized spacial score (nSPS) is 35.1. The zero-order valence-electron chi connectivity index (χ0n) is 22.0. The van der Waals surface area contributed by atoms with E-state index in [4.69, 9.17) is 0 Å². The quantitative estimate of drug-likeness (QED) is 0.384. The van der Waals surface area contributed by atoms with Gasteiger partial charge in [-0.1, -0.05) is 76.8 Å². The van der Waals surface area contributed by atoms with E-state index in [1.807, 2.05) is 0 Å². The smallest absolute Gasteiger partial charge is 1.00 e. The molecule has 3 heteroatoms. The van der Waals surface area contributed by atoms with E-state index < -0.39 is 0 Å². The Balaban J connectivity index is 0. The molecule has 0 saturated heterocycles. The molecule has 0 amide bonds. The van der Waals surface area contributed by atoms with E-state index in [2.05, 4.69) is 46.4 Å². The van der Waals surface area contributed by atoms with E-state index in [9.17, 15) is 5.11 Å². The SMILES string of the molecule is C=C1CC[C@H](O)C/C1=C/C=C1\CCC[C@@]2(C)C1CC[C@@H]2[C@H](C)CCCC(C)C.[Ca+2].[Cu].[H-].[H-]. The van der Waals surface area contributed by atoms with Crippen molar-refractivity contribution in [2.75, 3.05) is 0 Å². The van der Waals surface area contributed by atoms with Crippen LogP contribution in [0.5, 0.6) is 0 Å². The summed E-state index contributed by atoms with van der Waals surface area (Å²) in [6, 6.07) is 0. The average Bonchev–Trinajstić information content (AvgIpc) is 2.99. The molecule has 0 aromatic heterocycles. The largest absolute Gasteiger partial charge is 2.00 e. The first-order chi connectivity index (χ1) is 13.3. The Morgan fingerprint density at radius 2 is 1.87 bits per heavy atom. The van der Waals surface area contributed by atoms with Crippen LogP contribution in [0.2, 0.25) is 0 Å². The summed E-state index contributed by atoms with van der Waals surface area (Å²) in [6.45, 7) is 14.1. The minimum atomic E-state index is -0.172. The van der Waals surface area contributed by atoms with Gasteiger partial charge in [-0.15, -0.1) is 0 Å². The van der Waals surface area contributed by atoms with Gasteiger partial charge in [-0.25, -0.2) is 0 Å². The molecule has 0 spiro atoms. The summed E-state index contributed by atoms with van der Waals surface area (Å²) in [5, 5.41) is 10.0. The molecule has 5 atom stereocenters. The van der Waals surface area contributed by atoms with Crippen molar-refractivity contribution in [1.82, 2.24) is 0 Å². The van der Waals surface area contributed by atoms with E-state index in [-0.39, 0.29) is 63.8 Å². The standard InChI is InChI=1S/C27H44O.Ca.Cu.2H/c1-19(2)8-6-9-21(4)25-15-16-26-22(10-7-17-27(25,26)5)12-13-23-18-24(28)14-11-20(23)3;;;;/h12-13,19,21,24-26,28H,3,6-11,14-18H2,1-2,4-5H3;;;;/q;+2;;2*-1/b22-12+,23-13-;;;;/t21-,24+,25-,26?,27-;;;;/m1..../s1. The molecule has 3 saturated carbocycles. The van der Waals surface area contributed by atoms with Gasteiger partial charge in [-0.2, -0.15) is 0 Å². The van der Waals surface area contributed by atoms with Crippen molar-refractivity contribution in [3.8, 4) is 0 Å². The molecule has 0 aromatic rings. The number of allylic oxidation sites excluding steroid dienone is 4. The fraction of sp³-hybridized carbons (Fsp3) is 0.778. The number of aliphatic hydroxyl groups is 1. The Hall–Kier alpha value is 0.959. The number of aliphatic hydroxyl groups excluding tert-OH is 1. The van der Waals surface area contributed by atoms with Gasteiger partial charge in [-0.3, -0.25) is 0 Å². The molecule has 3 fully saturated rings. The van der Waals surface area contributed by atoms with Crippen LogP contribution in [0.25, 0.3) is 0 Å². The molecule has 3 aliphatic carbocycles. The van der Waals surface area contributed by atoms with Gasteiger partial charge in [0, 0.05) is 17.1 Å². The minimum Gasteiger partial charge on any atom is -1.00 e. The van der Waals surface area contributed by atoms with Gasteiger partial charge < -0.3 is 7.96 Å². The van der Waals surface area contributed by atoms with Gasteiger partial charge in [0.2, 0.25) is 0 Å². The van der Waals surface area contributed by atoms with Crippen molar-refractivity contribution < 1.29 is 25.0 Å². The Bertz CT molecular complexity index is 633. The van der Waals surface area contributed by atoms with E-state index in [0.29, 0.717) is 5.41 Å². The van der Waals surface area contributed by atoms with Crippen molar-refractivity contribution in [1.29, 1.82) is 0 Å².